The van der Waals surface area contributed by atoms with Gasteiger partial charge in [-0.1, -0.05) is 19.1 Å². The number of ether oxygens (including phenoxy) is 3. The number of H-pyrrole nitrogens is 1. The summed E-state index contributed by atoms with van der Waals surface area (Å²) in [6.45, 7) is 2.00. The molecule has 0 spiro atoms. The molecule has 2 N–H and O–H groups in total. The van der Waals surface area contributed by atoms with E-state index in [-0.39, 0.29) is 12.3 Å². The Kier molecular flexibility index (Phi) is 6.39. The van der Waals surface area contributed by atoms with Crippen molar-refractivity contribution in [1.29, 1.82) is 0 Å². The smallest absolute Gasteiger partial charge is 0.228 e. The molecule has 0 bridgehead atoms. The molecule has 29 heavy (non-hydrogen) atoms. The minimum atomic E-state index is -0.125. The minimum absolute atomic E-state index is 0.125. The summed E-state index contributed by atoms with van der Waals surface area (Å²) >= 11 is 0. The van der Waals surface area contributed by atoms with E-state index in [0.717, 1.165) is 22.6 Å². The van der Waals surface area contributed by atoms with Crippen LogP contribution in [-0.4, -0.2) is 37.4 Å². The molecule has 0 unspecified atom stereocenters. The number of aromatic amines is 1. The maximum atomic E-state index is 12.7. The molecule has 7 heteroatoms. The van der Waals surface area contributed by atoms with Gasteiger partial charge >= 0.3 is 0 Å². The Morgan fingerprint density at radius 3 is 2.31 bits per heavy atom. The number of hydrogen-bond donors (Lipinski definition) is 2. The first kappa shape index (κ1) is 20.3. The van der Waals surface area contributed by atoms with Crippen LogP contribution in [0.5, 0.6) is 17.2 Å². The molecule has 1 aromatic heterocycles. The van der Waals surface area contributed by atoms with E-state index in [1.54, 1.807) is 27.4 Å². The summed E-state index contributed by atoms with van der Waals surface area (Å²) in [7, 11) is 4.80. The molecule has 1 heterocycles. The summed E-state index contributed by atoms with van der Waals surface area (Å²) in [4.78, 5) is 12.7. The molecular formula is C22H25N3O4. The van der Waals surface area contributed by atoms with Gasteiger partial charge in [-0.15, -0.1) is 0 Å². The highest BCUT2D eigenvalue weighted by Gasteiger charge is 2.20. The monoisotopic (exact) mass is 395 g/mol. The number of aryl methyl sites for hydroxylation is 1. The predicted octanol–water partition coefficient (Wildman–Crippen LogP) is 3.85. The van der Waals surface area contributed by atoms with E-state index in [1.165, 1.54) is 0 Å². The van der Waals surface area contributed by atoms with E-state index in [2.05, 4.69) is 15.5 Å². The third kappa shape index (κ3) is 4.51. The van der Waals surface area contributed by atoms with Crippen LogP contribution in [0, 0.1) is 0 Å². The van der Waals surface area contributed by atoms with Crippen molar-refractivity contribution < 1.29 is 19.0 Å². The average molecular weight is 395 g/mol. The third-order valence-electron chi connectivity index (χ3n) is 4.65. The first-order valence-corrected chi connectivity index (χ1v) is 9.32. The molecule has 0 saturated heterocycles. The van der Waals surface area contributed by atoms with E-state index in [4.69, 9.17) is 14.2 Å². The molecule has 3 aromatic rings. The fourth-order valence-corrected chi connectivity index (χ4v) is 3.07. The molecule has 1 amide bonds. The van der Waals surface area contributed by atoms with Crippen molar-refractivity contribution in [3.05, 3.63) is 53.7 Å². The zero-order chi connectivity index (χ0) is 20.8. The van der Waals surface area contributed by atoms with Crippen molar-refractivity contribution in [2.75, 3.05) is 26.6 Å². The Labute approximate surface area is 170 Å². The van der Waals surface area contributed by atoms with Crippen LogP contribution in [0.15, 0.2) is 42.5 Å². The minimum Gasteiger partial charge on any atom is -0.497 e. The van der Waals surface area contributed by atoms with Gasteiger partial charge in [0.05, 0.1) is 39.1 Å². The molecule has 0 aliphatic rings. The molecular weight excluding hydrogens is 370 g/mol. The average Bonchev–Trinajstić information content (AvgIpc) is 3.15. The van der Waals surface area contributed by atoms with Gasteiger partial charge < -0.3 is 19.5 Å². The summed E-state index contributed by atoms with van der Waals surface area (Å²) in [6, 6.07) is 12.9. The topological polar surface area (TPSA) is 85.5 Å². The Morgan fingerprint density at radius 1 is 1.00 bits per heavy atom. The third-order valence-corrected chi connectivity index (χ3v) is 4.65. The number of anilines is 1. The second-order valence-electron chi connectivity index (χ2n) is 6.42. The van der Waals surface area contributed by atoms with Crippen molar-refractivity contribution in [3.63, 3.8) is 0 Å². The highest BCUT2D eigenvalue weighted by atomic mass is 16.5. The summed E-state index contributed by atoms with van der Waals surface area (Å²) in [5.41, 5.74) is 3.80. The number of carbonyl (C=O) groups excluding carboxylic acids is 1. The zero-order valence-electron chi connectivity index (χ0n) is 17.0. The summed E-state index contributed by atoms with van der Waals surface area (Å²) in [5, 5.41) is 10.5. The molecule has 2 aromatic carbocycles. The van der Waals surface area contributed by atoms with Gasteiger partial charge in [-0.25, -0.2) is 0 Å². The molecule has 0 atom stereocenters. The van der Waals surface area contributed by atoms with Gasteiger partial charge in [0, 0.05) is 11.6 Å². The van der Waals surface area contributed by atoms with Crippen LogP contribution in [0.1, 0.15) is 18.2 Å². The largest absolute Gasteiger partial charge is 0.497 e. The fourth-order valence-electron chi connectivity index (χ4n) is 3.07. The lowest BCUT2D eigenvalue weighted by Gasteiger charge is -2.12. The summed E-state index contributed by atoms with van der Waals surface area (Å²) < 4.78 is 15.9. The molecule has 3 rings (SSSR count). The van der Waals surface area contributed by atoms with E-state index < -0.39 is 0 Å². The molecule has 0 saturated carbocycles. The number of carbonyl (C=O) groups is 1. The van der Waals surface area contributed by atoms with Crippen molar-refractivity contribution in [3.8, 4) is 28.5 Å². The second kappa shape index (κ2) is 9.14. The van der Waals surface area contributed by atoms with Crippen LogP contribution < -0.4 is 19.5 Å². The van der Waals surface area contributed by atoms with Crippen molar-refractivity contribution in [1.82, 2.24) is 10.2 Å². The molecule has 7 nitrogen and oxygen atoms in total. The number of methoxy groups -OCH3 is 3. The van der Waals surface area contributed by atoms with Crippen LogP contribution >= 0.6 is 0 Å². The maximum Gasteiger partial charge on any atom is 0.228 e. The summed E-state index contributed by atoms with van der Waals surface area (Å²) in [6.07, 6.45) is 0.946. The standard InChI is InChI=1S/C22H25N3O4/c1-5-18-22(23-20(26)12-14-6-8-15(27-2)9-7-14)21(25-24-18)17-11-10-16(28-3)13-19(17)29-4/h6-11,13H,5,12H2,1-4H3,(H,23,26)(H,24,25). The van der Waals surface area contributed by atoms with Crippen LogP contribution in [0.2, 0.25) is 0 Å². The van der Waals surface area contributed by atoms with Gasteiger partial charge in [-0.2, -0.15) is 5.10 Å². The highest BCUT2D eigenvalue weighted by molar-refractivity contribution is 5.97. The first-order valence-electron chi connectivity index (χ1n) is 9.32. The second-order valence-corrected chi connectivity index (χ2v) is 6.42. The van der Waals surface area contributed by atoms with Gasteiger partial charge in [-0.3, -0.25) is 9.89 Å². The lowest BCUT2D eigenvalue weighted by Crippen LogP contribution is -2.15. The number of benzene rings is 2. The van der Waals surface area contributed by atoms with Crippen LogP contribution in [0.4, 0.5) is 5.69 Å². The number of aromatic nitrogens is 2. The molecule has 0 aliphatic heterocycles. The molecule has 0 radical (unpaired) electrons. The number of nitrogens with zero attached hydrogens (tertiary/aromatic N) is 1. The van der Waals surface area contributed by atoms with Crippen LogP contribution in [0.25, 0.3) is 11.3 Å². The zero-order valence-corrected chi connectivity index (χ0v) is 17.0. The Hall–Kier alpha value is -3.48. The van der Waals surface area contributed by atoms with E-state index >= 15 is 0 Å². The van der Waals surface area contributed by atoms with E-state index in [1.807, 2.05) is 43.3 Å². The van der Waals surface area contributed by atoms with Gasteiger partial charge in [0.25, 0.3) is 0 Å². The Morgan fingerprint density at radius 2 is 1.69 bits per heavy atom. The van der Waals surface area contributed by atoms with E-state index in [0.29, 0.717) is 29.3 Å². The predicted molar refractivity (Wildman–Crippen MR) is 112 cm³/mol. The van der Waals surface area contributed by atoms with Gasteiger partial charge in [-0.05, 0) is 36.2 Å². The highest BCUT2D eigenvalue weighted by Crippen LogP contribution is 2.37. The number of nitrogens with one attached hydrogen (secondary N) is 2. The fraction of sp³-hybridized carbons (Fsp3) is 0.273. The van der Waals surface area contributed by atoms with Gasteiger partial charge in [0.1, 0.15) is 22.9 Å². The number of rotatable bonds is 8. The molecule has 0 aliphatic carbocycles. The summed E-state index contributed by atoms with van der Waals surface area (Å²) in [5.74, 6) is 1.93. The quantitative estimate of drug-likeness (QED) is 0.605. The lowest BCUT2D eigenvalue weighted by atomic mass is 10.1. The SMILES string of the molecule is CCc1[nH]nc(-c2ccc(OC)cc2OC)c1NC(=O)Cc1ccc(OC)cc1. The maximum absolute atomic E-state index is 12.7. The van der Waals surface area contributed by atoms with Crippen LogP contribution in [0.3, 0.4) is 0 Å². The van der Waals surface area contributed by atoms with Gasteiger partial charge in [0.15, 0.2) is 0 Å². The normalized spacial score (nSPS) is 10.5. The first-order chi connectivity index (χ1) is 14.1. The van der Waals surface area contributed by atoms with Crippen molar-refractivity contribution in [2.45, 2.75) is 19.8 Å². The number of amides is 1. The lowest BCUT2D eigenvalue weighted by molar-refractivity contribution is -0.115. The van der Waals surface area contributed by atoms with Crippen molar-refractivity contribution >= 4 is 11.6 Å². The molecule has 0 fully saturated rings. The Bertz CT molecular complexity index is 980. The van der Waals surface area contributed by atoms with Gasteiger partial charge in [0.2, 0.25) is 5.91 Å². The molecule has 152 valence electrons. The van der Waals surface area contributed by atoms with Crippen LogP contribution in [-0.2, 0) is 17.6 Å². The van der Waals surface area contributed by atoms with Crippen molar-refractivity contribution in [2.24, 2.45) is 0 Å². The number of hydrogen-bond acceptors (Lipinski definition) is 5. The Balaban J connectivity index is 1.87. The van der Waals surface area contributed by atoms with E-state index in [9.17, 15) is 4.79 Å².